The molecule has 6 nitrogen and oxygen atoms in total. The number of aromatic nitrogens is 2. The van der Waals surface area contributed by atoms with Gasteiger partial charge >= 0.3 is 0 Å². The number of nitrogens with zero attached hydrogens (tertiary/aromatic N) is 4. The van der Waals surface area contributed by atoms with Gasteiger partial charge in [-0.15, -0.1) is 0 Å². The Bertz CT molecular complexity index is 1040. The molecule has 6 heteroatoms. The molecule has 1 aromatic heterocycles. The number of rotatable bonds is 3. The van der Waals surface area contributed by atoms with E-state index in [1.54, 1.807) is 12.5 Å². The number of aryl methyl sites for hydroxylation is 1. The number of carbonyl (C=O) groups excluding carboxylic acids is 1. The molecule has 0 aliphatic carbocycles. The average molecular weight is 461 g/mol. The minimum atomic E-state index is 0.105. The zero-order valence-corrected chi connectivity index (χ0v) is 20.4. The Morgan fingerprint density at radius 3 is 2.74 bits per heavy atom. The van der Waals surface area contributed by atoms with Crippen molar-refractivity contribution in [3.8, 4) is 5.75 Å². The lowest BCUT2D eigenvalue weighted by atomic mass is 9.91. The van der Waals surface area contributed by atoms with Crippen LogP contribution in [0.2, 0.25) is 0 Å². The van der Waals surface area contributed by atoms with Crippen LogP contribution < -0.4 is 4.74 Å². The number of imidazole rings is 1. The molecule has 1 aliphatic heterocycles. The first-order valence-corrected chi connectivity index (χ1v) is 12.3. The lowest BCUT2D eigenvalue weighted by Crippen LogP contribution is -2.38. The fourth-order valence-electron chi connectivity index (χ4n) is 4.71. The topological polar surface area (TPSA) is 50.6 Å². The lowest BCUT2D eigenvalue weighted by molar-refractivity contribution is -0.132. The Morgan fingerprint density at radius 1 is 1.09 bits per heavy atom. The molecule has 1 amide bonds. The van der Waals surface area contributed by atoms with E-state index in [-0.39, 0.29) is 5.91 Å². The highest BCUT2D eigenvalue weighted by Gasteiger charge is 2.19. The van der Waals surface area contributed by atoms with Crippen molar-refractivity contribution in [3.05, 3.63) is 83.9 Å². The number of carbonyl (C=O) groups is 1. The SMILES string of the molecule is Cc1ccc2c(c1)CN(C)CCC(c1ccccc1)CCCN(C(=O)Cn1ccnc1)CCO2. The van der Waals surface area contributed by atoms with Crippen LogP contribution in [-0.2, 0) is 17.9 Å². The monoisotopic (exact) mass is 460 g/mol. The summed E-state index contributed by atoms with van der Waals surface area (Å²) in [6.07, 6.45) is 8.35. The molecule has 2 aromatic carbocycles. The molecule has 0 spiro atoms. The zero-order chi connectivity index (χ0) is 23.8. The molecule has 0 saturated heterocycles. The predicted molar refractivity (Wildman–Crippen MR) is 135 cm³/mol. The number of fused-ring (bicyclic) bond motifs is 1. The van der Waals surface area contributed by atoms with Crippen molar-refractivity contribution in [2.75, 3.05) is 33.3 Å². The summed E-state index contributed by atoms with van der Waals surface area (Å²) in [5.41, 5.74) is 3.82. The molecule has 1 atom stereocenters. The van der Waals surface area contributed by atoms with Gasteiger partial charge in [0.05, 0.1) is 12.9 Å². The Kier molecular flexibility index (Phi) is 8.36. The first-order valence-electron chi connectivity index (χ1n) is 12.3. The van der Waals surface area contributed by atoms with Crippen molar-refractivity contribution in [2.24, 2.45) is 0 Å². The van der Waals surface area contributed by atoms with Gasteiger partial charge in [-0.1, -0.05) is 48.0 Å². The molecule has 0 N–H and O–H groups in total. The normalized spacial score (nSPS) is 18.5. The van der Waals surface area contributed by atoms with Crippen LogP contribution in [0.4, 0.5) is 0 Å². The second-order valence-corrected chi connectivity index (χ2v) is 9.35. The molecular weight excluding hydrogens is 424 g/mol. The van der Waals surface area contributed by atoms with Crippen LogP contribution >= 0.6 is 0 Å². The van der Waals surface area contributed by atoms with Gasteiger partial charge in [0.25, 0.3) is 0 Å². The van der Waals surface area contributed by atoms with Gasteiger partial charge in [-0.05, 0) is 57.3 Å². The van der Waals surface area contributed by atoms with E-state index in [1.807, 2.05) is 15.7 Å². The van der Waals surface area contributed by atoms with Crippen LogP contribution in [0, 0.1) is 6.92 Å². The first-order chi connectivity index (χ1) is 16.6. The van der Waals surface area contributed by atoms with Crippen LogP contribution in [0.3, 0.4) is 0 Å². The summed E-state index contributed by atoms with van der Waals surface area (Å²) in [5.74, 6) is 1.50. The van der Waals surface area contributed by atoms with Crippen LogP contribution in [0.15, 0.2) is 67.3 Å². The van der Waals surface area contributed by atoms with E-state index < -0.39 is 0 Å². The van der Waals surface area contributed by atoms with E-state index in [4.69, 9.17) is 4.74 Å². The molecule has 180 valence electrons. The molecular formula is C28H36N4O2. The van der Waals surface area contributed by atoms with Crippen LogP contribution in [0.5, 0.6) is 5.75 Å². The van der Waals surface area contributed by atoms with Crippen molar-refractivity contribution < 1.29 is 9.53 Å². The van der Waals surface area contributed by atoms with Gasteiger partial charge in [0.2, 0.25) is 5.91 Å². The second-order valence-electron chi connectivity index (χ2n) is 9.35. The lowest BCUT2D eigenvalue weighted by Gasteiger charge is -2.27. The van der Waals surface area contributed by atoms with Gasteiger partial charge in [-0.3, -0.25) is 4.79 Å². The Labute approximate surface area is 203 Å². The largest absolute Gasteiger partial charge is 0.491 e. The zero-order valence-electron chi connectivity index (χ0n) is 20.4. The average Bonchev–Trinajstić information content (AvgIpc) is 3.34. The standard InChI is InChI=1S/C28H36N4O2/c1-23-10-11-27-26(19-23)20-30(2)15-12-25(24-7-4-3-5-8-24)9-6-14-32(17-18-34-27)28(33)21-31-16-13-29-22-31/h3-5,7-8,10-11,13,16,19,22,25H,6,9,12,14-15,17-18,20-21H2,1-2H3. The molecule has 0 bridgehead atoms. The summed E-state index contributed by atoms with van der Waals surface area (Å²) in [6, 6.07) is 17.2. The summed E-state index contributed by atoms with van der Waals surface area (Å²) in [7, 11) is 2.19. The summed E-state index contributed by atoms with van der Waals surface area (Å²) in [6.45, 7) is 6.08. The van der Waals surface area contributed by atoms with Gasteiger partial charge in [0.15, 0.2) is 0 Å². The van der Waals surface area contributed by atoms with E-state index in [9.17, 15) is 4.79 Å². The Balaban J connectivity index is 1.53. The van der Waals surface area contributed by atoms with Crippen molar-refractivity contribution in [2.45, 2.75) is 45.2 Å². The Hall–Kier alpha value is -3.12. The first kappa shape index (κ1) is 24.0. The summed E-state index contributed by atoms with van der Waals surface area (Å²) in [5, 5.41) is 0. The molecule has 1 aliphatic rings. The van der Waals surface area contributed by atoms with Crippen LogP contribution in [0.25, 0.3) is 0 Å². The van der Waals surface area contributed by atoms with Gasteiger partial charge in [-0.25, -0.2) is 4.98 Å². The van der Waals surface area contributed by atoms with Crippen molar-refractivity contribution in [3.63, 3.8) is 0 Å². The third-order valence-electron chi connectivity index (χ3n) is 6.62. The van der Waals surface area contributed by atoms with Gasteiger partial charge < -0.3 is 19.1 Å². The van der Waals surface area contributed by atoms with Crippen molar-refractivity contribution in [1.29, 1.82) is 0 Å². The second kappa shape index (κ2) is 11.8. The van der Waals surface area contributed by atoms with Crippen molar-refractivity contribution in [1.82, 2.24) is 19.4 Å². The number of ether oxygens (including phenoxy) is 1. The quantitative estimate of drug-likeness (QED) is 0.578. The number of amides is 1. The number of hydrogen-bond donors (Lipinski definition) is 0. The van der Waals surface area contributed by atoms with Gasteiger partial charge in [0.1, 0.15) is 18.9 Å². The molecule has 2 heterocycles. The maximum absolute atomic E-state index is 13.1. The summed E-state index contributed by atoms with van der Waals surface area (Å²) < 4.78 is 8.03. The van der Waals surface area contributed by atoms with Crippen molar-refractivity contribution >= 4 is 5.91 Å². The molecule has 0 radical (unpaired) electrons. The van der Waals surface area contributed by atoms with Crippen LogP contribution in [0.1, 0.15) is 41.9 Å². The number of hydrogen-bond acceptors (Lipinski definition) is 4. The summed E-state index contributed by atoms with van der Waals surface area (Å²) >= 11 is 0. The van der Waals surface area contributed by atoms with E-state index >= 15 is 0 Å². The number of benzene rings is 2. The summed E-state index contributed by atoms with van der Waals surface area (Å²) in [4.78, 5) is 21.5. The predicted octanol–water partition coefficient (Wildman–Crippen LogP) is 4.50. The van der Waals surface area contributed by atoms with E-state index in [2.05, 4.69) is 72.4 Å². The third-order valence-corrected chi connectivity index (χ3v) is 6.62. The van der Waals surface area contributed by atoms with Crippen LogP contribution in [-0.4, -0.2) is 58.5 Å². The molecule has 4 rings (SSSR count). The maximum Gasteiger partial charge on any atom is 0.242 e. The molecule has 34 heavy (non-hydrogen) atoms. The van der Waals surface area contributed by atoms with E-state index in [0.717, 1.165) is 44.6 Å². The smallest absolute Gasteiger partial charge is 0.242 e. The highest BCUT2D eigenvalue weighted by molar-refractivity contribution is 5.76. The third kappa shape index (κ3) is 6.70. The van der Waals surface area contributed by atoms with Gasteiger partial charge in [-0.2, -0.15) is 0 Å². The minimum Gasteiger partial charge on any atom is -0.491 e. The molecule has 0 fully saturated rings. The Morgan fingerprint density at radius 2 is 1.94 bits per heavy atom. The fourth-order valence-corrected chi connectivity index (χ4v) is 4.71. The highest BCUT2D eigenvalue weighted by atomic mass is 16.5. The van der Waals surface area contributed by atoms with E-state index in [0.29, 0.717) is 25.6 Å². The molecule has 1 unspecified atom stereocenters. The van der Waals surface area contributed by atoms with Gasteiger partial charge in [0, 0.05) is 31.0 Å². The maximum atomic E-state index is 13.1. The highest BCUT2D eigenvalue weighted by Crippen LogP contribution is 2.27. The van der Waals surface area contributed by atoms with E-state index in [1.165, 1.54) is 16.7 Å². The molecule has 3 aromatic rings. The minimum absolute atomic E-state index is 0.105. The molecule has 0 saturated carbocycles. The fraction of sp³-hybridized carbons (Fsp3) is 0.429.